The fourth-order valence-electron chi connectivity index (χ4n) is 0.164. The summed E-state index contributed by atoms with van der Waals surface area (Å²) in [5.41, 5.74) is 0. The molecular formula is C4H5NO3. The van der Waals surface area contributed by atoms with Crippen molar-refractivity contribution >= 4 is 12.2 Å². The SMILES string of the molecule is O=C(O)/C=C/C=N/O. The number of hydrogen-bond donors (Lipinski definition) is 2. The van der Waals surface area contributed by atoms with Crippen LogP contribution in [-0.4, -0.2) is 22.5 Å². The minimum Gasteiger partial charge on any atom is -0.478 e. The molecule has 44 valence electrons. The van der Waals surface area contributed by atoms with E-state index in [9.17, 15) is 4.79 Å². The number of carboxylic acids is 1. The molecule has 0 aromatic carbocycles. The highest BCUT2D eigenvalue weighted by molar-refractivity contribution is 5.86. The van der Waals surface area contributed by atoms with Gasteiger partial charge in [0.2, 0.25) is 0 Å². The fraction of sp³-hybridized carbons (Fsp3) is 0. The molecule has 0 bridgehead atoms. The van der Waals surface area contributed by atoms with Gasteiger partial charge in [0, 0.05) is 6.08 Å². The first kappa shape index (κ1) is 6.68. The molecule has 0 aromatic rings. The lowest BCUT2D eigenvalue weighted by molar-refractivity contribution is -0.131. The molecule has 0 aliphatic rings. The van der Waals surface area contributed by atoms with E-state index in [1.54, 1.807) is 0 Å². The summed E-state index contributed by atoms with van der Waals surface area (Å²) in [6, 6.07) is 0. The zero-order valence-electron chi connectivity index (χ0n) is 3.98. The van der Waals surface area contributed by atoms with E-state index < -0.39 is 5.97 Å². The number of carbonyl (C=O) groups is 1. The van der Waals surface area contributed by atoms with Crippen molar-refractivity contribution in [1.29, 1.82) is 0 Å². The number of rotatable bonds is 2. The second-order valence-corrected chi connectivity index (χ2v) is 0.962. The van der Waals surface area contributed by atoms with Gasteiger partial charge in [0.1, 0.15) is 0 Å². The molecule has 0 heterocycles. The molecule has 4 nitrogen and oxygen atoms in total. The molecule has 0 atom stereocenters. The third kappa shape index (κ3) is 4.68. The molecule has 0 unspecified atom stereocenters. The number of allylic oxidation sites excluding steroid dienone is 1. The summed E-state index contributed by atoms with van der Waals surface area (Å²) < 4.78 is 0. The van der Waals surface area contributed by atoms with Gasteiger partial charge in [-0.1, -0.05) is 5.16 Å². The molecule has 0 amide bonds. The van der Waals surface area contributed by atoms with E-state index >= 15 is 0 Å². The van der Waals surface area contributed by atoms with Gasteiger partial charge in [0.15, 0.2) is 0 Å². The zero-order chi connectivity index (χ0) is 6.41. The monoisotopic (exact) mass is 115 g/mol. The Hall–Kier alpha value is -1.32. The topological polar surface area (TPSA) is 69.9 Å². The lowest BCUT2D eigenvalue weighted by Gasteiger charge is -1.71. The summed E-state index contributed by atoms with van der Waals surface area (Å²) >= 11 is 0. The molecule has 8 heavy (non-hydrogen) atoms. The Morgan fingerprint density at radius 3 is 2.62 bits per heavy atom. The molecule has 4 heteroatoms. The van der Waals surface area contributed by atoms with Gasteiger partial charge in [-0.05, 0) is 6.08 Å². The normalized spacial score (nSPS) is 11.0. The Balaban J connectivity index is 3.50. The zero-order valence-corrected chi connectivity index (χ0v) is 3.98. The van der Waals surface area contributed by atoms with Crippen molar-refractivity contribution in [3.05, 3.63) is 12.2 Å². The molecule has 0 rings (SSSR count). The molecule has 2 N–H and O–H groups in total. The van der Waals surface area contributed by atoms with Crippen LogP contribution in [0.5, 0.6) is 0 Å². The van der Waals surface area contributed by atoms with Gasteiger partial charge in [-0.15, -0.1) is 0 Å². The first-order valence-electron chi connectivity index (χ1n) is 1.84. The highest BCUT2D eigenvalue weighted by Crippen LogP contribution is 1.66. The Kier molecular flexibility index (Phi) is 3.22. The predicted octanol–water partition coefficient (Wildman–Crippen LogP) is 0.0872. The Morgan fingerprint density at radius 2 is 2.25 bits per heavy atom. The standard InChI is InChI=1S/C4H5NO3/c6-4(7)2-1-3-5-8/h1-3,8H,(H,6,7)/b2-1+,5-3+. The van der Waals surface area contributed by atoms with Crippen LogP contribution < -0.4 is 0 Å². The van der Waals surface area contributed by atoms with Crippen molar-refractivity contribution in [3.8, 4) is 0 Å². The third-order valence-electron chi connectivity index (χ3n) is 0.392. The molecule has 0 aliphatic carbocycles. The van der Waals surface area contributed by atoms with Crippen LogP contribution in [0.1, 0.15) is 0 Å². The molecule has 0 saturated heterocycles. The van der Waals surface area contributed by atoms with Crippen molar-refractivity contribution < 1.29 is 15.1 Å². The van der Waals surface area contributed by atoms with Crippen molar-refractivity contribution in [2.24, 2.45) is 5.16 Å². The van der Waals surface area contributed by atoms with Gasteiger partial charge >= 0.3 is 5.97 Å². The van der Waals surface area contributed by atoms with Crippen molar-refractivity contribution in [3.63, 3.8) is 0 Å². The summed E-state index contributed by atoms with van der Waals surface area (Å²) in [7, 11) is 0. The molecule has 0 radical (unpaired) electrons. The number of aliphatic carboxylic acids is 1. The van der Waals surface area contributed by atoms with Crippen LogP contribution in [0.15, 0.2) is 17.3 Å². The first-order valence-corrected chi connectivity index (χ1v) is 1.84. The largest absolute Gasteiger partial charge is 0.478 e. The smallest absolute Gasteiger partial charge is 0.328 e. The lowest BCUT2D eigenvalue weighted by atomic mass is 10.5. The number of hydrogen-bond acceptors (Lipinski definition) is 3. The second kappa shape index (κ2) is 3.86. The number of carboxylic acid groups (broad SMARTS) is 1. The second-order valence-electron chi connectivity index (χ2n) is 0.962. The van der Waals surface area contributed by atoms with E-state index in [-0.39, 0.29) is 0 Å². The fourth-order valence-corrected chi connectivity index (χ4v) is 0.164. The van der Waals surface area contributed by atoms with Gasteiger partial charge in [0.25, 0.3) is 0 Å². The molecule has 0 fully saturated rings. The Labute approximate surface area is 45.7 Å². The summed E-state index contributed by atoms with van der Waals surface area (Å²) in [5, 5.41) is 18.1. The quantitative estimate of drug-likeness (QED) is 0.232. The number of nitrogens with zero attached hydrogens (tertiary/aromatic N) is 1. The van der Waals surface area contributed by atoms with Crippen LogP contribution in [0.3, 0.4) is 0 Å². The minimum atomic E-state index is -1.06. The first-order chi connectivity index (χ1) is 3.77. The van der Waals surface area contributed by atoms with Gasteiger partial charge in [-0.2, -0.15) is 0 Å². The minimum absolute atomic E-state index is 0.861. The summed E-state index contributed by atoms with van der Waals surface area (Å²) in [6.07, 6.45) is 2.94. The molecule has 0 aliphatic heterocycles. The van der Waals surface area contributed by atoms with E-state index in [0.29, 0.717) is 0 Å². The van der Waals surface area contributed by atoms with E-state index in [1.807, 2.05) is 0 Å². The van der Waals surface area contributed by atoms with Crippen LogP contribution in [0, 0.1) is 0 Å². The van der Waals surface area contributed by atoms with Crippen LogP contribution in [0.4, 0.5) is 0 Å². The van der Waals surface area contributed by atoms with Gasteiger partial charge in [-0.3, -0.25) is 0 Å². The van der Waals surface area contributed by atoms with E-state index in [1.165, 1.54) is 0 Å². The highest BCUT2D eigenvalue weighted by Gasteiger charge is 1.79. The summed E-state index contributed by atoms with van der Waals surface area (Å²) in [5.74, 6) is -1.06. The van der Waals surface area contributed by atoms with Crippen molar-refractivity contribution in [1.82, 2.24) is 0 Å². The van der Waals surface area contributed by atoms with Crippen LogP contribution >= 0.6 is 0 Å². The molecule has 0 saturated carbocycles. The number of oxime groups is 1. The predicted molar refractivity (Wildman–Crippen MR) is 27.1 cm³/mol. The average molecular weight is 115 g/mol. The third-order valence-corrected chi connectivity index (χ3v) is 0.392. The Bertz CT molecular complexity index is 127. The maximum Gasteiger partial charge on any atom is 0.328 e. The van der Waals surface area contributed by atoms with E-state index in [4.69, 9.17) is 10.3 Å². The van der Waals surface area contributed by atoms with Crippen LogP contribution in [0.25, 0.3) is 0 Å². The lowest BCUT2D eigenvalue weighted by Crippen LogP contribution is -1.85. The van der Waals surface area contributed by atoms with Crippen LogP contribution in [-0.2, 0) is 4.79 Å². The summed E-state index contributed by atoms with van der Waals surface area (Å²) in [6.45, 7) is 0. The van der Waals surface area contributed by atoms with Crippen LogP contribution in [0.2, 0.25) is 0 Å². The van der Waals surface area contributed by atoms with Crippen molar-refractivity contribution in [2.75, 3.05) is 0 Å². The average Bonchev–Trinajstić information content (AvgIpc) is 1.66. The van der Waals surface area contributed by atoms with E-state index in [2.05, 4.69) is 5.16 Å². The van der Waals surface area contributed by atoms with Crippen molar-refractivity contribution in [2.45, 2.75) is 0 Å². The van der Waals surface area contributed by atoms with Gasteiger partial charge in [0.05, 0.1) is 6.21 Å². The molecule has 0 spiro atoms. The molecular weight excluding hydrogens is 110 g/mol. The van der Waals surface area contributed by atoms with Gasteiger partial charge < -0.3 is 10.3 Å². The maximum absolute atomic E-state index is 9.64. The van der Waals surface area contributed by atoms with E-state index in [0.717, 1.165) is 18.4 Å². The highest BCUT2D eigenvalue weighted by atomic mass is 16.4. The molecule has 0 aromatic heterocycles. The maximum atomic E-state index is 9.64. The Morgan fingerprint density at radius 1 is 1.62 bits per heavy atom. The summed E-state index contributed by atoms with van der Waals surface area (Å²) in [4.78, 5) is 9.64. The van der Waals surface area contributed by atoms with Gasteiger partial charge in [-0.25, -0.2) is 4.79 Å².